The lowest BCUT2D eigenvalue weighted by Gasteiger charge is -2.11. The van der Waals surface area contributed by atoms with E-state index in [1.165, 1.54) is 18.6 Å². The Kier molecular flexibility index (Phi) is 3.70. The van der Waals surface area contributed by atoms with Gasteiger partial charge in [0, 0.05) is 24.2 Å². The van der Waals surface area contributed by atoms with Crippen molar-refractivity contribution in [3.8, 4) is 0 Å². The second kappa shape index (κ2) is 5.03. The molecule has 2 heterocycles. The molecule has 4 heteroatoms. The van der Waals surface area contributed by atoms with Gasteiger partial charge in [0.15, 0.2) is 0 Å². The standard InChI is InChI=1S/C10H13BrN2S/c11-9-7-12-4-3-10(9)13-6-8-2-1-5-14-8/h3-4,7-8H,1-2,5-6H2,(H,12,13). The van der Waals surface area contributed by atoms with E-state index in [0.717, 1.165) is 22.0 Å². The third-order valence-corrected chi connectivity index (χ3v) is 4.35. The lowest BCUT2D eigenvalue weighted by molar-refractivity contribution is 0.805. The van der Waals surface area contributed by atoms with Crippen LogP contribution in [0.4, 0.5) is 5.69 Å². The molecule has 0 aliphatic carbocycles. The molecule has 1 aromatic rings. The maximum atomic E-state index is 4.03. The molecular weight excluding hydrogens is 260 g/mol. The van der Waals surface area contributed by atoms with Gasteiger partial charge in [-0.2, -0.15) is 11.8 Å². The lowest BCUT2D eigenvalue weighted by Crippen LogP contribution is -2.13. The van der Waals surface area contributed by atoms with Crippen LogP contribution in [0, 0.1) is 0 Å². The fraction of sp³-hybridized carbons (Fsp3) is 0.500. The van der Waals surface area contributed by atoms with E-state index >= 15 is 0 Å². The molecule has 1 aliphatic heterocycles. The highest BCUT2D eigenvalue weighted by Crippen LogP contribution is 2.27. The molecule has 76 valence electrons. The first kappa shape index (κ1) is 10.3. The predicted octanol–water partition coefficient (Wildman–Crippen LogP) is 3.15. The maximum Gasteiger partial charge on any atom is 0.0590 e. The minimum atomic E-state index is 0.787. The number of aromatic nitrogens is 1. The molecule has 0 saturated carbocycles. The molecule has 0 bridgehead atoms. The molecule has 0 radical (unpaired) electrons. The van der Waals surface area contributed by atoms with Crippen LogP contribution in [0.15, 0.2) is 22.9 Å². The summed E-state index contributed by atoms with van der Waals surface area (Å²) >= 11 is 5.55. The minimum absolute atomic E-state index is 0.787. The molecule has 0 aromatic carbocycles. The molecule has 1 saturated heterocycles. The highest BCUT2D eigenvalue weighted by Gasteiger charge is 2.15. The van der Waals surface area contributed by atoms with Gasteiger partial charge in [0.2, 0.25) is 0 Å². The van der Waals surface area contributed by atoms with Crippen LogP contribution >= 0.6 is 27.7 Å². The number of anilines is 1. The summed E-state index contributed by atoms with van der Waals surface area (Å²) in [6.07, 6.45) is 6.36. The first-order valence-electron chi connectivity index (χ1n) is 4.81. The smallest absolute Gasteiger partial charge is 0.0590 e. The van der Waals surface area contributed by atoms with Crippen molar-refractivity contribution in [3.63, 3.8) is 0 Å². The van der Waals surface area contributed by atoms with E-state index in [0.29, 0.717) is 0 Å². The van der Waals surface area contributed by atoms with Crippen LogP contribution in [-0.4, -0.2) is 22.5 Å². The largest absolute Gasteiger partial charge is 0.383 e. The Morgan fingerprint density at radius 3 is 3.29 bits per heavy atom. The van der Waals surface area contributed by atoms with Crippen molar-refractivity contribution in [2.45, 2.75) is 18.1 Å². The quantitative estimate of drug-likeness (QED) is 0.915. The third kappa shape index (κ3) is 2.64. The SMILES string of the molecule is Brc1cnccc1NCC1CCCS1. The van der Waals surface area contributed by atoms with Crippen molar-refractivity contribution in [3.05, 3.63) is 22.9 Å². The lowest BCUT2D eigenvalue weighted by atomic mass is 10.2. The van der Waals surface area contributed by atoms with Crippen LogP contribution in [0.2, 0.25) is 0 Å². The second-order valence-corrected chi connectivity index (χ2v) is 5.63. The zero-order chi connectivity index (χ0) is 9.80. The van der Waals surface area contributed by atoms with Crippen molar-refractivity contribution in [2.24, 2.45) is 0 Å². The van der Waals surface area contributed by atoms with E-state index in [-0.39, 0.29) is 0 Å². The Labute approximate surface area is 97.0 Å². The number of pyridine rings is 1. The zero-order valence-electron chi connectivity index (χ0n) is 7.87. The van der Waals surface area contributed by atoms with Crippen molar-refractivity contribution >= 4 is 33.4 Å². The van der Waals surface area contributed by atoms with Gasteiger partial charge in [0.05, 0.1) is 10.2 Å². The van der Waals surface area contributed by atoms with Gasteiger partial charge >= 0.3 is 0 Å². The number of nitrogens with zero attached hydrogens (tertiary/aromatic N) is 1. The fourth-order valence-corrected chi connectivity index (χ4v) is 3.14. The van der Waals surface area contributed by atoms with E-state index in [2.05, 4.69) is 38.0 Å². The molecule has 1 aromatic heterocycles. The molecule has 1 unspecified atom stereocenters. The van der Waals surface area contributed by atoms with Gasteiger partial charge in [-0.05, 0) is 40.6 Å². The number of halogens is 1. The Morgan fingerprint density at radius 2 is 2.57 bits per heavy atom. The molecule has 1 aliphatic rings. The van der Waals surface area contributed by atoms with Gasteiger partial charge in [-0.15, -0.1) is 0 Å². The Morgan fingerprint density at radius 1 is 1.64 bits per heavy atom. The van der Waals surface area contributed by atoms with Crippen LogP contribution in [0.1, 0.15) is 12.8 Å². The van der Waals surface area contributed by atoms with Crippen LogP contribution in [0.3, 0.4) is 0 Å². The number of hydrogen-bond acceptors (Lipinski definition) is 3. The molecule has 14 heavy (non-hydrogen) atoms. The molecule has 1 N–H and O–H groups in total. The Balaban J connectivity index is 1.88. The third-order valence-electron chi connectivity index (χ3n) is 2.32. The van der Waals surface area contributed by atoms with Gasteiger partial charge in [-0.1, -0.05) is 0 Å². The molecule has 0 spiro atoms. The predicted molar refractivity (Wildman–Crippen MR) is 65.9 cm³/mol. The Bertz CT molecular complexity index is 300. The van der Waals surface area contributed by atoms with Crippen LogP contribution in [0.5, 0.6) is 0 Å². The van der Waals surface area contributed by atoms with Crippen molar-refractivity contribution < 1.29 is 0 Å². The monoisotopic (exact) mass is 272 g/mol. The minimum Gasteiger partial charge on any atom is -0.383 e. The topological polar surface area (TPSA) is 24.9 Å². The van der Waals surface area contributed by atoms with E-state index in [4.69, 9.17) is 0 Å². The summed E-state index contributed by atoms with van der Waals surface area (Å²) in [7, 11) is 0. The summed E-state index contributed by atoms with van der Waals surface area (Å²) in [4.78, 5) is 4.03. The number of nitrogens with one attached hydrogen (secondary N) is 1. The first-order valence-corrected chi connectivity index (χ1v) is 6.65. The summed E-state index contributed by atoms with van der Waals surface area (Å²) < 4.78 is 1.04. The van der Waals surface area contributed by atoms with Crippen molar-refractivity contribution in [1.82, 2.24) is 4.98 Å². The summed E-state index contributed by atoms with van der Waals surface area (Å²) in [6.45, 7) is 1.06. The first-order chi connectivity index (χ1) is 6.86. The highest BCUT2D eigenvalue weighted by atomic mass is 79.9. The Hall–Kier alpha value is -0.220. The van der Waals surface area contributed by atoms with Gasteiger partial charge in [0.1, 0.15) is 0 Å². The summed E-state index contributed by atoms with van der Waals surface area (Å²) in [5.74, 6) is 1.32. The van der Waals surface area contributed by atoms with Crippen molar-refractivity contribution in [2.75, 3.05) is 17.6 Å². The van der Waals surface area contributed by atoms with Gasteiger partial charge < -0.3 is 5.32 Å². The van der Waals surface area contributed by atoms with Crippen molar-refractivity contribution in [1.29, 1.82) is 0 Å². The summed E-state index contributed by atoms with van der Waals surface area (Å²) in [5, 5.41) is 4.23. The zero-order valence-corrected chi connectivity index (χ0v) is 10.3. The van der Waals surface area contributed by atoms with E-state index in [1.54, 1.807) is 0 Å². The summed E-state index contributed by atoms with van der Waals surface area (Å²) in [6, 6.07) is 2.00. The molecule has 1 fully saturated rings. The molecule has 0 amide bonds. The van der Waals surface area contributed by atoms with Gasteiger partial charge in [-0.25, -0.2) is 0 Å². The summed E-state index contributed by atoms with van der Waals surface area (Å²) in [5.41, 5.74) is 1.15. The van der Waals surface area contributed by atoms with Crippen LogP contribution < -0.4 is 5.32 Å². The second-order valence-electron chi connectivity index (χ2n) is 3.37. The number of rotatable bonds is 3. The van der Waals surface area contributed by atoms with E-state index in [1.807, 2.05) is 18.5 Å². The maximum absolute atomic E-state index is 4.03. The fourth-order valence-electron chi connectivity index (χ4n) is 1.55. The van der Waals surface area contributed by atoms with E-state index in [9.17, 15) is 0 Å². The van der Waals surface area contributed by atoms with Crippen LogP contribution in [0.25, 0.3) is 0 Å². The molecule has 2 nitrogen and oxygen atoms in total. The average molecular weight is 273 g/mol. The van der Waals surface area contributed by atoms with E-state index < -0.39 is 0 Å². The number of thioether (sulfide) groups is 1. The highest BCUT2D eigenvalue weighted by molar-refractivity contribution is 9.10. The van der Waals surface area contributed by atoms with Gasteiger partial charge in [-0.3, -0.25) is 4.98 Å². The van der Waals surface area contributed by atoms with Gasteiger partial charge in [0.25, 0.3) is 0 Å². The molecule has 1 atom stereocenters. The number of hydrogen-bond donors (Lipinski definition) is 1. The average Bonchev–Trinajstić information content (AvgIpc) is 2.69. The normalized spacial score (nSPS) is 21.1. The molecule has 2 rings (SSSR count). The molecular formula is C10H13BrN2S. The van der Waals surface area contributed by atoms with Crippen LogP contribution in [-0.2, 0) is 0 Å².